The van der Waals surface area contributed by atoms with E-state index in [1.54, 1.807) is 0 Å². The van der Waals surface area contributed by atoms with Crippen LogP contribution in [0.3, 0.4) is 0 Å². The summed E-state index contributed by atoms with van der Waals surface area (Å²) in [5, 5.41) is 8.71. The van der Waals surface area contributed by atoms with Crippen LogP contribution in [0.4, 0.5) is 0 Å². The molecule has 0 heterocycles. The second-order valence-electron chi connectivity index (χ2n) is 2.84. The van der Waals surface area contributed by atoms with E-state index in [9.17, 15) is 4.79 Å². The van der Waals surface area contributed by atoms with E-state index in [-0.39, 0.29) is 12.4 Å². The molecule has 0 radical (unpaired) electrons. The predicted octanol–water partition coefficient (Wildman–Crippen LogP) is 2.36. The molecule has 1 N–H and O–H groups in total. The Hall–Kier alpha value is -0.800. The second kappa shape index (κ2) is 5.83. The fraction of sp³-hybridized carbons (Fsp3) is 0.364. The van der Waals surface area contributed by atoms with Gasteiger partial charge in [-0.3, -0.25) is 4.79 Å². The normalized spacial score (nSPS) is 10.1. The lowest BCUT2D eigenvalue weighted by Crippen LogP contribution is -1.99. The molecular formula is C11H14O2S. The summed E-state index contributed by atoms with van der Waals surface area (Å²) < 4.78 is 0. The Morgan fingerprint density at radius 1 is 1.43 bits per heavy atom. The number of rotatable bonds is 5. The zero-order valence-electron chi connectivity index (χ0n) is 8.19. The van der Waals surface area contributed by atoms with Gasteiger partial charge in [-0.2, -0.15) is 0 Å². The predicted molar refractivity (Wildman–Crippen MR) is 58.9 cm³/mol. The molecule has 0 saturated heterocycles. The van der Waals surface area contributed by atoms with Gasteiger partial charge in [0, 0.05) is 22.6 Å². The number of hydrogen-bond donors (Lipinski definition) is 1. The highest BCUT2D eigenvalue weighted by molar-refractivity contribution is 7.99. The third-order valence-electron chi connectivity index (χ3n) is 1.86. The Morgan fingerprint density at radius 3 is 2.79 bits per heavy atom. The fourth-order valence-corrected chi connectivity index (χ4v) is 1.99. The smallest absolute Gasteiger partial charge is 0.163 e. The lowest BCUT2D eigenvalue weighted by molar-refractivity contribution is 0.0985. The first-order valence-electron chi connectivity index (χ1n) is 4.65. The first-order valence-corrected chi connectivity index (χ1v) is 5.64. The van der Waals surface area contributed by atoms with Crippen LogP contribution in [0.5, 0.6) is 0 Å². The van der Waals surface area contributed by atoms with Crippen molar-refractivity contribution in [3.05, 3.63) is 29.8 Å². The number of carbonyl (C=O) groups is 1. The molecule has 1 rings (SSSR count). The third-order valence-corrected chi connectivity index (χ3v) is 2.91. The number of ketones is 1. The summed E-state index contributed by atoms with van der Waals surface area (Å²) in [6.07, 6.45) is 0.525. The molecule has 0 unspecified atom stereocenters. The SMILES string of the molecule is CCC(=O)c1ccccc1SCCO. The third kappa shape index (κ3) is 2.86. The van der Waals surface area contributed by atoms with E-state index >= 15 is 0 Å². The number of hydrogen-bond acceptors (Lipinski definition) is 3. The Morgan fingerprint density at radius 2 is 2.14 bits per heavy atom. The Bertz CT molecular complexity index is 310. The zero-order chi connectivity index (χ0) is 10.4. The summed E-state index contributed by atoms with van der Waals surface area (Å²) in [7, 11) is 0. The monoisotopic (exact) mass is 210 g/mol. The van der Waals surface area contributed by atoms with Gasteiger partial charge in [0.2, 0.25) is 0 Å². The van der Waals surface area contributed by atoms with Crippen molar-refractivity contribution in [2.24, 2.45) is 0 Å². The number of carbonyl (C=O) groups excluding carboxylic acids is 1. The number of thioether (sulfide) groups is 1. The minimum atomic E-state index is 0.138. The van der Waals surface area contributed by atoms with Gasteiger partial charge in [-0.15, -0.1) is 11.8 Å². The average Bonchev–Trinajstić information content (AvgIpc) is 2.25. The largest absolute Gasteiger partial charge is 0.396 e. The van der Waals surface area contributed by atoms with Crippen LogP contribution in [0.1, 0.15) is 23.7 Å². The van der Waals surface area contributed by atoms with Crippen molar-refractivity contribution in [1.29, 1.82) is 0 Å². The Balaban J connectivity index is 2.85. The van der Waals surface area contributed by atoms with Crippen LogP contribution in [0, 0.1) is 0 Å². The molecule has 76 valence electrons. The molecule has 0 aliphatic heterocycles. The minimum Gasteiger partial charge on any atom is -0.396 e. The van der Waals surface area contributed by atoms with Crippen molar-refractivity contribution >= 4 is 17.5 Å². The average molecular weight is 210 g/mol. The topological polar surface area (TPSA) is 37.3 Å². The van der Waals surface area contributed by atoms with E-state index in [0.717, 1.165) is 10.5 Å². The van der Waals surface area contributed by atoms with Crippen LogP contribution in [0.2, 0.25) is 0 Å². The van der Waals surface area contributed by atoms with E-state index < -0.39 is 0 Å². The maximum atomic E-state index is 11.5. The van der Waals surface area contributed by atoms with Crippen molar-refractivity contribution in [3.8, 4) is 0 Å². The van der Waals surface area contributed by atoms with Crippen LogP contribution < -0.4 is 0 Å². The van der Waals surface area contributed by atoms with Crippen molar-refractivity contribution in [3.63, 3.8) is 0 Å². The van der Waals surface area contributed by atoms with Crippen LogP contribution in [0.25, 0.3) is 0 Å². The zero-order valence-corrected chi connectivity index (χ0v) is 9.01. The summed E-state index contributed by atoms with van der Waals surface area (Å²) in [5.41, 5.74) is 0.772. The quantitative estimate of drug-likeness (QED) is 0.599. The second-order valence-corrected chi connectivity index (χ2v) is 3.98. The van der Waals surface area contributed by atoms with Crippen molar-refractivity contribution in [1.82, 2.24) is 0 Å². The summed E-state index contributed by atoms with van der Waals surface area (Å²) >= 11 is 1.52. The van der Waals surface area contributed by atoms with E-state index in [1.807, 2.05) is 31.2 Å². The summed E-state index contributed by atoms with van der Waals surface area (Å²) in [5.74, 6) is 0.791. The van der Waals surface area contributed by atoms with Crippen molar-refractivity contribution in [2.45, 2.75) is 18.2 Å². The molecule has 1 aromatic rings. The van der Waals surface area contributed by atoms with E-state index in [1.165, 1.54) is 11.8 Å². The van der Waals surface area contributed by atoms with Gasteiger partial charge < -0.3 is 5.11 Å². The summed E-state index contributed by atoms with van der Waals surface area (Å²) in [4.78, 5) is 12.5. The van der Waals surface area contributed by atoms with Crippen molar-refractivity contribution in [2.75, 3.05) is 12.4 Å². The molecule has 2 nitrogen and oxygen atoms in total. The maximum Gasteiger partial charge on any atom is 0.163 e. The van der Waals surface area contributed by atoms with Crippen LogP contribution >= 0.6 is 11.8 Å². The van der Waals surface area contributed by atoms with Crippen molar-refractivity contribution < 1.29 is 9.90 Å². The van der Waals surface area contributed by atoms with Gasteiger partial charge >= 0.3 is 0 Å². The first-order chi connectivity index (χ1) is 6.79. The van der Waals surface area contributed by atoms with E-state index in [4.69, 9.17) is 5.11 Å². The molecule has 3 heteroatoms. The standard InChI is InChI=1S/C11H14O2S/c1-2-10(13)9-5-3-4-6-11(9)14-8-7-12/h3-6,12H,2,7-8H2,1H3. The minimum absolute atomic E-state index is 0.138. The van der Waals surface area contributed by atoms with Gasteiger partial charge in [0.05, 0.1) is 6.61 Å². The van der Waals surface area contributed by atoms with Gasteiger partial charge in [-0.25, -0.2) is 0 Å². The van der Waals surface area contributed by atoms with Crippen LogP contribution in [-0.4, -0.2) is 23.2 Å². The fourth-order valence-electron chi connectivity index (χ4n) is 1.17. The van der Waals surface area contributed by atoms with Crippen LogP contribution in [-0.2, 0) is 0 Å². The van der Waals surface area contributed by atoms with Gasteiger partial charge in [-0.05, 0) is 6.07 Å². The Labute approximate surface area is 88.3 Å². The van der Waals surface area contributed by atoms with Crippen LogP contribution in [0.15, 0.2) is 29.2 Å². The Kier molecular flexibility index (Phi) is 4.70. The maximum absolute atomic E-state index is 11.5. The molecule has 0 fully saturated rings. The lowest BCUT2D eigenvalue weighted by Gasteiger charge is -2.05. The van der Waals surface area contributed by atoms with Gasteiger partial charge in [0.15, 0.2) is 5.78 Å². The molecule has 0 saturated carbocycles. The molecule has 0 spiro atoms. The number of Topliss-reactive ketones (excluding diaryl/α,β-unsaturated/α-hetero) is 1. The van der Waals surface area contributed by atoms with E-state index in [0.29, 0.717) is 12.2 Å². The highest BCUT2D eigenvalue weighted by Gasteiger charge is 2.08. The molecule has 0 aromatic heterocycles. The molecule has 0 atom stereocenters. The number of aliphatic hydroxyl groups excluding tert-OH is 1. The number of benzene rings is 1. The summed E-state index contributed by atoms with van der Waals surface area (Å²) in [6.45, 7) is 2.00. The highest BCUT2D eigenvalue weighted by Crippen LogP contribution is 2.23. The molecule has 0 bridgehead atoms. The summed E-state index contributed by atoms with van der Waals surface area (Å²) in [6, 6.07) is 7.53. The van der Waals surface area contributed by atoms with Gasteiger partial charge in [-0.1, -0.05) is 25.1 Å². The molecule has 0 aliphatic rings. The van der Waals surface area contributed by atoms with Gasteiger partial charge in [0.25, 0.3) is 0 Å². The number of aliphatic hydroxyl groups is 1. The molecule has 0 amide bonds. The lowest BCUT2D eigenvalue weighted by atomic mass is 10.1. The molecular weight excluding hydrogens is 196 g/mol. The highest BCUT2D eigenvalue weighted by atomic mass is 32.2. The van der Waals surface area contributed by atoms with Gasteiger partial charge in [0.1, 0.15) is 0 Å². The molecule has 1 aromatic carbocycles. The molecule has 0 aliphatic carbocycles. The molecule has 14 heavy (non-hydrogen) atoms. The first kappa shape index (κ1) is 11.3. The van der Waals surface area contributed by atoms with E-state index in [2.05, 4.69) is 0 Å².